The normalized spacial score (nSPS) is 10.0. The lowest BCUT2D eigenvalue weighted by Crippen LogP contribution is -2.12. The molecule has 0 heterocycles. The van der Waals surface area contributed by atoms with Crippen LogP contribution in [-0.4, -0.2) is 4.43 Å². The van der Waals surface area contributed by atoms with E-state index in [0.717, 1.165) is 10.8 Å². The summed E-state index contributed by atoms with van der Waals surface area (Å²) >= 11 is 2.31. The van der Waals surface area contributed by atoms with Crippen LogP contribution >= 0.6 is 22.6 Å². The molecule has 0 radical (unpaired) electrons. The molecule has 42 valence electrons. The van der Waals surface area contributed by atoms with E-state index in [-0.39, 0.29) is 0 Å². The summed E-state index contributed by atoms with van der Waals surface area (Å²) in [5.74, 6) is 4.93. The first-order valence-corrected chi connectivity index (χ1v) is 3.61. The Bertz CT molecular complexity index is 53.7. The van der Waals surface area contributed by atoms with Gasteiger partial charge in [-0.15, -0.1) is 0 Å². The van der Waals surface area contributed by atoms with Gasteiger partial charge in [-0.3, -0.25) is 5.84 Å². The van der Waals surface area contributed by atoms with Crippen molar-refractivity contribution in [1.82, 2.24) is 5.43 Å². The van der Waals surface area contributed by atoms with E-state index in [1.54, 1.807) is 6.20 Å². The number of rotatable bonds is 3. The van der Waals surface area contributed by atoms with Gasteiger partial charge in [0.05, 0.1) is 0 Å². The molecule has 0 aliphatic heterocycles. The molecule has 0 unspecified atom stereocenters. The summed E-state index contributed by atoms with van der Waals surface area (Å²) in [5, 5.41) is 0. The van der Waals surface area contributed by atoms with Crippen LogP contribution in [-0.2, 0) is 0 Å². The Morgan fingerprint density at radius 1 is 1.71 bits per heavy atom. The smallest absolute Gasteiger partial charge is 0.00829 e. The maximum Gasteiger partial charge on any atom is 0.00829 e. The van der Waals surface area contributed by atoms with Crippen LogP contribution in [0, 0.1) is 0 Å². The fraction of sp³-hybridized carbons (Fsp3) is 0.500. The van der Waals surface area contributed by atoms with Crippen molar-refractivity contribution in [1.29, 1.82) is 0 Å². The van der Waals surface area contributed by atoms with Gasteiger partial charge < -0.3 is 5.43 Å². The van der Waals surface area contributed by atoms with Crippen molar-refractivity contribution < 1.29 is 0 Å². The number of nitrogens with two attached hydrogens (primary N) is 1. The lowest BCUT2D eigenvalue weighted by Gasteiger charge is -1.82. The molecule has 0 fully saturated rings. The summed E-state index contributed by atoms with van der Waals surface area (Å²) in [7, 11) is 0. The van der Waals surface area contributed by atoms with Gasteiger partial charge in [-0.1, -0.05) is 28.7 Å². The second-order valence-electron chi connectivity index (χ2n) is 1.05. The van der Waals surface area contributed by atoms with Crippen molar-refractivity contribution in [2.24, 2.45) is 5.84 Å². The van der Waals surface area contributed by atoms with Crippen LogP contribution in [0.2, 0.25) is 0 Å². The highest BCUT2D eigenvalue weighted by atomic mass is 127. The van der Waals surface area contributed by atoms with Crippen molar-refractivity contribution in [2.45, 2.75) is 6.42 Å². The third kappa shape index (κ3) is 6.23. The van der Waals surface area contributed by atoms with Crippen molar-refractivity contribution in [3.8, 4) is 0 Å². The molecule has 0 atom stereocenters. The number of hydrazine groups is 1. The van der Waals surface area contributed by atoms with Gasteiger partial charge in [0.1, 0.15) is 0 Å². The second kappa shape index (κ2) is 6.23. The minimum atomic E-state index is 1.09. The lowest BCUT2D eigenvalue weighted by atomic mass is 10.5. The zero-order chi connectivity index (χ0) is 5.54. The molecular formula is C4H9IN2. The maximum absolute atomic E-state index is 4.93. The highest BCUT2D eigenvalue weighted by molar-refractivity contribution is 14.1. The molecule has 0 saturated carbocycles. The Morgan fingerprint density at radius 3 is 2.86 bits per heavy atom. The molecular weight excluding hydrogens is 203 g/mol. The third-order valence-electron chi connectivity index (χ3n) is 0.490. The summed E-state index contributed by atoms with van der Waals surface area (Å²) in [4.78, 5) is 0. The van der Waals surface area contributed by atoms with E-state index >= 15 is 0 Å². The standard InChI is InChI=1S/C4H9IN2/c5-3-1-2-4-7-6/h2,4,7H,1,3,6H2/b4-2-. The van der Waals surface area contributed by atoms with Crippen LogP contribution in [0.5, 0.6) is 0 Å². The largest absolute Gasteiger partial charge is 0.332 e. The van der Waals surface area contributed by atoms with Crippen molar-refractivity contribution in [3.05, 3.63) is 12.3 Å². The van der Waals surface area contributed by atoms with E-state index in [1.165, 1.54) is 0 Å². The molecule has 3 heteroatoms. The molecule has 0 aromatic carbocycles. The van der Waals surface area contributed by atoms with E-state index in [4.69, 9.17) is 5.84 Å². The van der Waals surface area contributed by atoms with Gasteiger partial charge in [-0.25, -0.2) is 0 Å². The van der Waals surface area contributed by atoms with E-state index < -0.39 is 0 Å². The van der Waals surface area contributed by atoms with Gasteiger partial charge in [0.25, 0.3) is 0 Å². The SMILES string of the molecule is NN/C=C\CCI. The average molecular weight is 212 g/mol. The number of hydrogen-bond acceptors (Lipinski definition) is 2. The van der Waals surface area contributed by atoms with Crippen molar-refractivity contribution in [2.75, 3.05) is 4.43 Å². The molecule has 0 bridgehead atoms. The fourth-order valence-corrected chi connectivity index (χ4v) is 0.574. The van der Waals surface area contributed by atoms with Gasteiger partial charge in [-0.05, 0) is 6.42 Å². The molecule has 0 amide bonds. The summed E-state index contributed by atoms with van der Waals surface area (Å²) in [6, 6.07) is 0. The molecule has 0 aromatic heterocycles. The van der Waals surface area contributed by atoms with Crippen LogP contribution in [0.25, 0.3) is 0 Å². The summed E-state index contributed by atoms with van der Waals surface area (Å²) in [5.41, 5.74) is 2.42. The molecule has 0 aliphatic carbocycles. The molecule has 2 nitrogen and oxygen atoms in total. The number of halogens is 1. The van der Waals surface area contributed by atoms with E-state index in [9.17, 15) is 0 Å². The van der Waals surface area contributed by atoms with Crippen LogP contribution < -0.4 is 11.3 Å². The molecule has 7 heavy (non-hydrogen) atoms. The average Bonchev–Trinajstić information content (AvgIpc) is 1.69. The van der Waals surface area contributed by atoms with Gasteiger partial charge in [0.2, 0.25) is 0 Å². The van der Waals surface area contributed by atoms with Gasteiger partial charge in [-0.2, -0.15) is 0 Å². The highest BCUT2D eigenvalue weighted by Gasteiger charge is 1.68. The molecule has 0 saturated heterocycles. The highest BCUT2D eigenvalue weighted by Crippen LogP contribution is 1.87. The minimum Gasteiger partial charge on any atom is -0.332 e. The molecule has 0 rings (SSSR count). The Kier molecular flexibility index (Phi) is 6.43. The monoisotopic (exact) mass is 212 g/mol. The van der Waals surface area contributed by atoms with Gasteiger partial charge in [0.15, 0.2) is 0 Å². The van der Waals surface area contributed by atoms with E-state index in [2.05, 4.69) is 28.0 Å². The van der Waals surface area contributed by atoms with Crippen LogP contribution in [0.1, 0.15) is 6.42 Å². The first kappa shape index (κ1) is 7.23. The number of allylic oxidation sites excluding steroid dienone is 1. The fourth-order valence-electron chi connectivity index (χ4n) is 0.214. The second-order valence-corrected chi connectivity index (χ2v) is 2.13. The van der Waals surface area contributed by atoms with Crippen molar-refractivity contribution >= 4 is 22.6 Å². The number of nitrogens with one attached hydrogen (secondary N) is 1. The van der Waals surface area contributed by atoms with Crippen LogP contribution in [0.3, 0.4) is 0 Å². The van der Waals surface area contributed by atoms with E-state index in [0.29, 0.717) is 0 Å². The molecule has 0 aliphatic rings. The van der Waals surface area contributed by atoms with E-state index in [1.807, 2.05) is 6.08 Å². The summed E-state index contributed by atoms with van der Waals surface area (Å²) in [6.45, 7) is 0. The lowest BCUT2D eigenvalue weighted by molar-refractivity contribution is 0.958. The summed E-state index contributed by atoms with van der Waals surface area (Å²) in [6.07, 6.45) is 4.82. The first-order valence-electron chi connectivity index (χ1n) is 2.09. The topological polar surface area (TPSA) is 38.0 Å². The Hall–Kier alpha value is 0.230. The molecule has 3 N–H and O–H groups in total. The minimum absolute atomic E-state index is 1.09. The molecule has 0 aromatic rings. The van der Waals surface area contributed by atoms with Gasteiger partial charge in [0, 0.05) is 10.6 Å². The Morgan fingerprint density at radius 2 is 2.43 bits per heavy atom. The third-order valence-corrected chi connectivity index (χ3v) is 1.11. The number of alkyl halides is 1. The molecule has 0 spiro atoms. The van der Waals surface area contributed by atoms with Crippen molar-refractivity contribution in [3.63, 3.8) is 0 Å². The van der Waals surface area contributed by atoms with Gasteiger partial charge >= 0.3 is 0 Å². The first-order chi connectivity index (χ1) is 3.41. The van der Waals surface area contributed by atoms with Crippen LogP contribution in [0.15, 0.2) is 12.3 Å². The Balaban J connectivity index is 2.78. The predicted octanol–water partition coefficient (Wildman–Crippen LogP) is 0.789. The maximum atomic E-state index is 4.93. The number of hydrogen-bond donors (Lipinski definition) is 2. The summed E-state index contributed by atoms with van der Waals surface area (Å²) < 4.78 is 1.15. The zero-order valence-electron chi connectivity index (χ0n) is 4.02. The quantitative estimate of drug-likeness (QED) is 0.314. The zero-order valence-corrected chi connectivity index (χ0v) is 6.18. The van der Waals surface area contributed by atoms with Crippen LogP contribution in [0.4, 0.5) is 0 Å². The predicted molar refractivity (Wildman–Crippen MR) is 40.0 cm³/mol. The Labute approximate surface area is 57.3 Å².